The van der Waals surface area contributed by atoms with Gasteiger partial charge in [0.25, 0.3) is 0 Å². The van der Waals surface area contributed by atoms with E-state index in [-0.39, 0.29) is 24.4 Å². The first-order valence-corrected chi connectivity index (χ1v) is 7.84. The van der Waals surface area contributed by atoms with E-state index in [9.17, 15) is 4.79 Å². The van der Waals surface area contributed by atoms with Crippen LogP contribution in [-0.4, -0.2) is 31.2 Å². The van der Waals surface area contributed by atoms with E-state index in [0.29, 0.717) is 12.0 Å². The van der Waals surface area contributed by atoms with E-state index in [1.807, 2.05) is 0 Å². The molecule has 1 aliphatic carbocycles. The molecule has 1 heterocycles. The largest absolute Gasteiger partial charge is 0.381 e. The van der Waals surface area contributed by atoms with Gasteiger partial charge in [-0.3, -0.25) is 4.79 Å². The summed E-state index contributed by atoms with van der Waals surface area (Å²) in [5.74, 6) is 1.20. The second-order valence-electron chi connectivity index (χ2n) is 6.11. The summed E-state index contributed by atoms with van der Waals surface area (Å²) in [5, 5.41) is 3.16. The SMILES string of the molecule is CCC1CCC(NC(=O)C(N)C2CCOCC2)CC1.Cl. The molecular weight excluding hydrogens is 276 g/mol. The number of amides is 1. The Balaban J connectivity index is 0.00000200. The molecule has 1 unspecified atom stereocenters. The zero-order valence-corrected chi connectivity index (χ0v) is 13.3. The van der Waals surface area contributed by atoms with Crippen LogP contribution in [0.15, 0.2) is 0 Å². The van der Waals surface area contributed by atoms with E-state index in [1.54, 1.807) is 0 Å². The van der Waals surface area contributed by atoms with Crippen molar-refractivity contribution in [2.75, 3.05) is 13.2 Å². The van der Waals surface area contributed by atoms with Crippen molar-refractivity contribution in [1.82, 2.24) is 5.32 Å². The lowest BCUT2D eigenvalue weighted by Crippen LogP contribution is -2.50. The molecule has 2 rings (SSSR count). The van der Waals surface area contributed by atoms with E-state index in [1.165, 1.54) is 19.3 Å². The Morgan fingerprint density at radius 2 is 1.80 bits per heavy atom. The smallest absolute Gasteiger partial charge is 0.237 e. The van der Waals surface area contributed by atoms with Crippen LogP contribution < -0.4 is 11.1 Å². The third-order valence-corrected chi connectivity index (χ3v) is 4.85. The van der Waals surface area contributed by atoms with Crippen molar-refractivity contribution >= 4 is 18.3 Å². The van der Waals surface area contributed by atoms with Gasteiger partial charge in [0.1, 0.15) is 0 Å². The molecule has 20 heavy (non-hydrogen) atoms. The van der Waals surface area contributed by atoms with Gasteiger partial charge in [-0.2, -0.15) is 0 Å². The second kappa shape index (κ2) is 8.85. The van der Waals surface area contributed by atoms with Crippen molar-refractivity contribution in [3.63, 3.8) is 0 Å². The molecule has 2 fully saturated rings. The third kappa shape index (κ3) is 4.90. The Kier molecular flexibility index (Phi) is 7.85. The standard InChI is InChI=1S/C15H28N2O2.ClH/c1-2-11-3-5-13(6-4-11)17-15(18)14(16)12-7-9-19-10-8-12;/h11-14H,2-10,16H2,1H3,(H,17,18);1H. The van der Waals surface area contributed by atoms with Gasteiger partial charge in [0, 0.05) is 19.3 Å². The summed E-state index contributed by atoms with van der Waals surface area (Å²) >= 11 is 0. The predicted octanol–water partition coefficient (Wildman–Crippen LogP) is 2.25. The average molecular weight is 305 g/mol. The van der Waals surface area contributed by atoms with Crippen LogP contribution in [-0.2, 0) is 9.53 Å². The molecule has 0 aromatic carbocycles. The lowest BCUT2D eigenvalue weighted by Gasteiger charge is -2.31. The first-order valence-electron chi connectivity index (χ1n) is 7.84. The van der Waals surface area contributed by atoms with Crippen molar-refractivity contribution in [2.24, 2.45) is 17.6 Å². The number of nitrogens with two attached hydrogens (primary N) is 1. The molecule has 0 bridgehead atoms. The molecule has 1 saturated heterocycles. The molecule has 2 aliphatic rings. The highest BCUT2D eigenvalue weighted by Crippen LogP contribution is 2.26. The van der Waals surface area contributed by atoms with Crippen LogP contribution in [0, 0.1) is 11.8 Å². The molecule has 1 amide bonds. The van der Waals surface area contributed by atoms with Crippen molar-refractivity contribution < 1.29 is 9.53 Å². The molecular formula is C15H29ClN2O2. The minimum atomic E-state index is -0.354. The first-order chi connectivity index (χ1) is 9.20. The van der Waals surface area contributed by atoms with Crippen LogP contribution in [0.2, 0.25) is 0 Å². The van der Waals surface area contributed by atoms with Crippen LogP contribution in [0.4, 0.5) is 0 Å². The molecule has 4 nitrogen and oxygen atoms in total. The highest BCUT2D eigenvalue weighted by Gasteiger charge is 2.29. The molecule has 0 aromatic heterocycles. The Hall–Kier alpha value is -0.320. The van der Waals surface area contributed by atoms with E-state index in [4.69, 9.17) is 10.5 Å². The Morgan fingerprint density at radius 3 is 2.35 bits per heavy atom. The number of ether oxygens (including phenoxy) is 1. The second-order valence-corrected chi connectivity index (χ2v) is 6.11. The first kappa shape index (κ1) is 17.7. The summed E-state index contributed by atoms with van der Waals surface area (Å²) in [5.41, 5.74) is 6.09. The maximum atomic E-state index is 12.2. The molecule has 0 spiro atoms. The van der Waals surface area contributed by atoms with Crippen LogP contribution >= 0.6 is 12.4 Å². The molecule has 5 heteroatoms. The molecule has 0 radical (unpaired) electrons. The minimum absolute atomic E-state index is 0. The number of hydrogen-bond acceptors (Lipinski definition) is 3. The van der Waals surface area contributed by atoms with Gasteiger partial charge in [-0.15, -0.1) is 12.4 Å². The summed E-state index contributed by atoms with van der Waals surface area (Å²) in [7, 11) is 0. The van der Waals surface area contributed by atoms with Crippen molar-refractivity contribution in [3.8, 4) is 0 Å². The number of carbonyl (C=O) groups excluding carboxylic acids is 1. The zero-order valence-electron chi connectivity index (χ0n) is 12.5. The van der Waals surface area contributed by atoms with Gasteiger partial charge >= 0.3 is 0 Å². The van der Waals surface area contributed by atoms with Gasteiger partial charge in [-0.05, 0) is 50.4 Å². The Labute approximate surface area is 128 Å². The summed E-state index contributed by atoms with van der Waals surface area (Å²) in [6.07, 6.45) is 7.81. The monoisotopic (exact) mass is 304 g/mol. The van der Waals surface area contributed by atoms with Crippen molar-refractivity contribution in [1.29, 1.82) is 0 Å². The van der Waals surface area contributed by atoms with E-state index < -0.39 is 0 Å². The normalized spacial score (nSPS) is 29.3. The number of rotatable bonds is 4. The van der Waals surface area contributed by atoms with Crippen molar-refractivity contribution in [2.45, 2.75) is 64.0 Å². The number of halogens is 1. The lowest BCUT2D eigenvalue weighted by atomic mass is 9.84. The quantitative estimate of drug-likeness (QED) is 0.837. The molecule has 3 N–H and O–H groups in total. The fraction of sp³-hybridized carbons (Fsp3) is 0.933. The summed E-state index contributed by atoms with van der Waals surface area (Å²) in [6.45, 7) is 3.74. The molecule has 118 valence electrons. The number of nitrogens with one attached hydrogen (secondary N) is 1. The van der Waals surface area contributed by atoms with Gasteiger partial charge in [0.05, 0.1) is 6.04 Å². The molecule has 1 saturated carbocycles. The topological polar surface area (TPSA) is 64.4 Å². The van der Waals surface area contributed by atoms with Crippen molar-refractivity contribution in [3.05, 3.63) is 0 Å². The third-order valence-electron chi connectivity index (χ3n) is 4.85. The average Bonchev–Trinajstić information content (AvgIpc) is 2.48. The highest BCUT2D eigenvalue weighted by atomic mass is 35.5. The molecule has 0 aromatic rings. The van der Waals surface area contributed by atoms with Crippen LogP contribution in [0.25, 0.3) is 0 Å². The predicted molar refractivity (Wildman–Crippen MR) is 82.9 cm³/mol. The van der Waals surface area contributed by atoms with E-state index >= 15 is 0 Å². The molecule has 1 aliphatic heterocycles. The van der Waals surface area contributed by atoms with Crippen LogP contribution in [0.1, 0.15) is 51.9 Å². The highest BCUT2D eigenvalue weighted by molar-refractivity contribution is 5.85. The maximum Gasteiger partial charge on any atom is 0.237 e. The fourth-order valence-corrected chi connectivity index (χ4v) is 3.30. The molecule has 1 atom stereocenters. The van der Waals surface area contributed by atoms with Gasteiger partial charge in [0.15, 0.2) is 0 Å². The van der Waals surface area contributed by atoms with Crippen LogP contribution in [0.5, 0.6) is 0 Å². The van der Waals surface area contributed by atoms with E-state index in [2.05, 4.69) is 12.2 Å². The van der Waals surface area contributed by atoms with Crippen LogP contribution in [0.3, 0.4) is 0 Å². The number of carbonyl (C=O) groups is 1. The Morgan fingerprint density at radius 1 is 1.20 bits per heavy atom. The lowest BCUT2D eigenvalue weighted by molar-refractivity contribution is -0.125. The Bertz CT molecular complexity index is 288. The van der Waals surface area contributed by atoms with Gasteiger partial charge in [0.2, 0.25) is 5.91 Å². The summed E-state index contributed by atoms with van der Waals surface area (Å²) in [4.78, 5) is 12.2. The fourth-order valence-electron chi connectivity index (χ4n) is 3.30. The number of hydrogen-bond donors (Lipinski definition) is 2. The van der Waals surface area contributed by atoms with Gasteiger partial charge in [-0.1, -0.05) is 13.3 Å². The van der Waals surface area contributed by atoms with E-state index in [0.717, 1.165) is 44.8 Å². The zero-order chi connectivity index (χ0) is 13.7. The van der Waals surface area contributed by atoms with Gasteiger partial charge < -0.3 is 15.8 Å². The minimum Gasteiger partial charge on any atom is -0.381 e. The maximum absolute atomic E-state index is 12.2. The summed E-state index contributed by atoms with van der Waals surface area (Å²) < 4.78 is 5.32. The summed E-state index contributed by atoms with van der Waals surface area (Å²) in [6, 6.07) is -0.00557. The van der Waals surface area contributed by atoms with Gasteiger partial charge in [-0.25, -0.2) is 0 Å².